The molecule has 0 radical (unpaired) electrons. The number of rotatable bonds is 2. The first-order chi connectivity index (χ1) is 4.83. The van der Waals surface area contributed by atoms with Gasteiger partial charge in [-0.1, -0.05) is 6.08 Å². The lowest BCUT2D eigenvalue weighted by atomic mass is 10.4. The largest absolute Gasteiger partial charge is 0.462 e. The molecular formula is C8H10O2. The van der Waals surface area contributed by atoms with Crippen LogP contribution in [0, 0.1) is 6.92 Å². The predicted octanol–water partition coefficient (Wildman–Crippen LogP) is 1.59. The van der Waals surface area contributed by atoms with E-state index in [0.717, 1.165) is 11.5 Å². The van der Waals surface area contributed by atoms with Gasteiger partial charge in [0, 0.05) is 0 Å². The molecule has 0 fully saturated rings. The fourth-order valence-corrected chi connectivity index (χ4v) is 0.712. The Balaban J connectivity index is 2.67. The van der Waals surface area contributed by atoms with E-state index in [0.29, 0.717) is 0 Å². The van der Waals surface area contributed by atoms with Crippen molar-refractivity contribution in [2.24, 2.45) is 0 Å². The maximum absolute atomic E-state index is 8.41. The Kier molecular flexibility index (Phi) is 2.29. The molecular weight excluding hydrogens is 128 g/mol. The number of hydrogen-bond acceptors (Lipinski definition) is 2. The molecule has 10 heavy (non-hydrogen) atoms. The van der Waals surface area contributed by atoms with Crippen LogP contribution in [0.2, 0.25) is 0 Å². The molecule has 0 amide bonds. The van der Waals surface area contributed by atoms with Crippen molar-refractivity contribution in [2.75, 3.05) is 6.61 Å². The highest BCUT2D eigenvalue weighted by molar-refractivity contribution is 5.42. The molecule has 0 saturated heterocycles. The molecule has 0 saturated carbocycles. The van der Waals surface area contributed by atoms with E-state index >= 15 is 0 Å². The van der Waals surface area contributed by atoms with E-state index in [-0.39, 0.29) is 6.61 Å². The fraction of sp³-hybridized carbons (Fsp3) is 0.250. The first kappa shape index (κ1) is 7.09. The van der Waals surface area contributed by atoms with Crippen LogP contribution < -0.4 is 0 Å². The van der Waals surface area contributed by atoms with Gasteiger partial charge in [-0.2, -0.15) is 0 Å². The molecule has 1 aromatic rings. The molecule has 0 aliphatic carbocycles. The molecule has 2 nitrogen and oxygen atoms in total. The van der Waals surface area contributed by atoms with E-state index in [1.165, 1.54) is 0 Å². The van der Waals surface area contributed by atoms with E-state index in [1.807, 2.05) is 19.1 Å². The average molecular weight is 138 g/mol. The van der Waals surface area contributed by atoms with Crippen molar-refractivity contribution in [1.82, 2.24) is 0 Å². The van der Waals surface area contributed by atoms with Gasteiger partial charge in [0.2, 0.25) is 0 Å². The molecule has 54 valence electrons. The Morgan fingerprint density at radius 2 is 2.40 bits per heavy atom. The highest BCUT2D eigenvalue weighted by Crippen LogP contribution is 2.07. The lowest BCUT2D eigenvalue weighted by Gasteiger charge is -1.82. The second kappa shape index (κ2) is 3.22. The quantitative estimate of drug-likeness (QED) is 0.673. The van der Waals surface area contributed by atoms with Crippen molar-refractivity contribution < 1.29 is 9.52 Å². The van der Waals surface area contributed by atoms with Crippen molar-refractivity contribution in [3.63, 3.8) is 0 Å². The third kappa shape index (κ3) is 1.74. The Hall–Kier alpha value is -1.02. The highest BCUT2D eigenvalue weighted by atomic mass is 16.3. The van der Waals surface area contributed by atoms with Crippen molar-refractivity contribution in [2.45, 2.75) is 6.92 Å². The summed E-state index contributed by atoms with van der Waals surface area (Å²) in [6, 6.07) is 3.75. The first-order valence-electron chi connectivity index (χ1n) is 3.17. The SMILES string of the molecule is Cc1ccc(C=CCO)o1. The van der Waals surface area contributed by atoms with E-state index in [1.54, 1.807) is 12.2 Å². The van der Waals surface area contributed by atoms with Gasteiger partial charge in [-0.05, 0) is 25.1 Å². The van der Waals surface area contributed by atoms with Crippen LogP contribution in [0.15, 0.2) is 22.6 Å². The monoisotopic (exact) mass is 138 g/mol. The van der Waals surface area contributed by atoms with E-state index in [2.05, 4.69) is 0 Å². The van der Waals surface area contributed by atoms with Crippen LogP contribution in [0.5, 0.6) is 0 Å². The van der Waals surface area contributed by atoms with Gasteiger partial charge in [-0.15, -0.1) is 0 Å². The lowest BCUT2D eigenvalue weighted by molar-refractivity contribution is 0.343. The molecule has 0 aliphatic rings. The van der Waals surface area contributed by atoms with E-state index < -0.39 is 0 Å². The van der Waals surface area contributed by atoms with Gasteiger partial charge >= 0.3 is 0 Å². The molecule has 2 heteroatoms. The Labute approximate surface area is 59.8 Å². The van der Waals surface area contributed by atoms with E-state index in [4.69, 9.17) is 9.52 Å². The summed E-state index contributed by atoms with van der Waals surface area (Å²) in [4.78, 5) is 0. The number of furan rings is 1. The Morgan fingerprint density at radius 3 is 2.90 bits per heavy atom. The molecule has 1 N–H and O–H groups in total. The van der Waals surface area contributed by atoms with Crippen molar-refractivity contribution in [1.29, 1.82) is 0 Å². The molecule has 0 aromatic carbocycles. The second-order valence-electron chi connectivity index (χ2n) is 2.03. The van der Waals surface area contributed by atoms with Crippen LogP contribution in [0.3, 0.4) is 0 Å². The van der Waals surface area contributed by atoms with Gasteiger partial charge < -0.3 is 9.52 Å². The molecule has 0 atom stereocenters. The Morgan fingerprint density at radius 1 is 1.60 bits per heavy atom. The first-order valence-corrected chi connectivity index (χ1v) is 3.17. The molecule has 1 heterocycles. The molecule has 0 unspecified atom stereocenters. The Bertz CT molecular complexity index is 223. The van der Waals surface area contributed by atoms with Gasteiger partial charge in [0.05, 0.1) is 6.61 Å². The summed E-state index contributed by atoms with van der Waals surface area (Å²) < 4.78 is 5.19. The fourth-order valence-electron chi connectivity index (χ4n) is 0.712. The summed E-state index contributed by atoms with van der Waals surface area (Å²) in [6.45, 7) is 1.94. The van der Waals surface area contributed by atoms with E-state index in [9.17, 15) is 0 Å². The number of aliphatic hydroxyl groups is 1. The summed E-state index contributed by atoms with van der Waals surface area (Å²) in [5.74, 6) is 1.67. The van der Waals surface area contributed by atoms with Crippen molar-refractivity contribution in [3.05, 3.63) is 29.7 Å². The van der Waals surface area contributed by atoms with Gasteiger partial charge in [0.15, 0.2) is 0 Å². The van der Waals surface area contributed by atoms with Crippen LogP contribution >= 0.6 is 0 Å². The number of hydrogen-bond donors (Lipinski definition) is 1. The van der Waals surface area contributed by atoms with Crippen LogP contribution in [0.4, 0.5) is 0 Å². The summed E-state index contributed by atoms with van der Waals surface area (Å²) in [7, 11) is 0. The normalized spacial score (nSPS) is 11.0. The summed E-state index contributed by atoms with van der Waals surface area (Å²) in [6.07, 6.45) is 3.38. The summed E-state index contributed by atoms with van der Waals surface area (Å²) in [5, 5.41) is 8.41. The minimum absolute atomic E-state index is 0.0553. The van der Waals surface area contributed by atoms with Gasteiger partial charge in [0.1, 0.15) is 11.5 Å². The van der Waals surface area contributed by atoms with Gasteiger partial charge in [0.25, 0.3) is 0 Å². The summed E-state index contributed by atoms with van der Waals surface area (Å²) >= 11 is 0. The van der Waals surface area contributed by atoms with Crippen LogP contribution in [0.25, 0.3) is 6.08 Å². The maximum Gasteiger partial charge on any atom is 0.126 e. The molecule has 0 aliphatic heterocycles. The number of aliphatic hydroxyl groups excluding tert-OH is 1. The molecule has 0 bridgehead atoms. The molecule has 1 aromatic heterocycles. The smallest absolute Gasteiger partial charge is 0.126 e. The molecule has 1 rings (SSSR count). The lowest BCUT2D eigenvalue weighted by Crippen LogP contribution is -1.69. The van der Waals surface area contributed by atoms with Gasteiger partial charge in [-0.25, -0.2) is 0 Å². The summed E-state index contributed by atoms with van der Waals surface area (Å²) in [5.41, 5.74) is 0. The third-order valence-corrected chi connectivity index (χ3v) is 1.15. The highest BCUT2D eigenvalue weighted by Gasteiger charge is 1.90. The zero-order valence-electron chi connectivity index (χ0n) is 5.87. The van der Waals surface area contributed by atoms with Crippen molar-refractivity contribution >= 4 is 6.08 Å². The van der Waals surface area contributed by atoms with Gasteiger partial charge in [-0.3, -0.25) is 0 Å². The zero-order chi connectivity index (χ0) is 7.40. The van der Waals surface area contributed by atoms with Crippen LogP contribution in [-0.2, 0) is 0 Å². The number of aryl methyl sites for hydroxylation is 1. The van der Waals surface area contributed by atoms with Crippen molar-refractivity contribution in [3.8, 4) is 0 Å². The predicted molar refractivity (Wildman–Crippen MR) is 39.6 cm³/mol. The average Bonchev–Trinajstić information content (AvgIpc) is 2.31. The standard InChI is InChI=1S/C8H10O2/c1-7-4-5-8(10-7)3-2-6-9/h2-5,9H,6H2,1H3. The third-order valence-electron chi connectivity index (χ3n) is 1.15. The maximum atomic E-state index is 8.41. The minimum atomic E-state index is 0.0553. The second-order valence-corrected chi connectivity index (χ2v) is 2.03. The molecule has 0 spiro atoms. The minimum Gasteiger partial charge on any atom is -0.462 e. The van der Waals surface area contributed by atoms with Crippen LogP contribution in [-0.4, -0.2) is 11.7 Å². The topological polar surface area (TPSA) is 33.4 Å². The van der Waals surface area contributed by atoms with Crippen LogP contribution in [0.1, 0.15) is 11.5 Å². The zero-order valence-corrected chi connectivity index (χ0v) is 5.87.